The molecule has 8 heteroatoms. The zero-order chi connectivity index (χ0) is 22.1. The molecule has 164 valence electrons. The minimum absolute atomic E-state index is 0.0134. The smallest absolute Gasteiger partial charge is 0.410 e. The summed E-state index contributed by atoms with van der Waals surface area (Å²) in [5, 5.41) is 2.21. The van der Waals surface area contributed by atoms with Crippen LogP contribution in [0.5, 0.6) is 11.8 Å². The van der Waals surface area contributed by atoms with Gasteiger partial charge in [0.2, 0.25) is 0 Å². The molecular formula is C24H23ClN4O3. The topological polar surface area (TPSA) is 80.3 Å². The molecule has 2 atom stereocenters. The molecule has 2 aliphatic rings. The van der Waals surface area contributed by atoms with Crippen molar-refractivity contribution in [3.05, 3.63) is 70.1 Å². The Bertz CT molecular complexity index is 1240. The number of carbonyl (C=O) groups is 1. The first-order valence-corrected chi connectivity index (χ1v) is 11.1. The summed E-state index contributed by atoms with van der Waals surface area (Å²) in [4.78, 5) is 26.3. The summed E-state index contributed by atoms with van der Waals surface area (Å²) in [5.41, 5.74) is 3.18. The molecule has 1 aromatic carbocycles. The van der Waals surface area contributed by atoms with Gasteiger partial charge in [-0.05, 0) is 49.1 Å². The van der Waals surface area contributed by atoms with Crippen LogP contribution in [0.1, 0.15) is 36.2 Å². The lowest BCUT2D eigenvalue weighted by Gasteiger charge is -2.35. The number of carbonyl (C=O) groups excluding carboxylic acids is 1. The Morgan fingerprint density at radius 2 is 2.03 bits per heavy atom. The molecule has 3 heterocycles. The van der Waals surface area contributed by atoms with Crippen molar-refractivity contribution in [3.8, 4) is 11.8 Å². The van der Waals surface area contributed by atoms with Gasteiger partial charge in [0.25, 0.3) is 0 Å². The standard InChI is InChI=1S/C24H23ClN4O3/c1-2-31-24(30)29-13-10-18-19-14-16(25)6-9-20(19)28-21(18)22(29)15-4-7-17(8-5-15)32-23-26-11-3-12-27-23/h3-5,7-9,11-12,14,16,22,28H,2,6,10,13H2,1H3/t16?,22-/m0/s1. The van der Waals surface area contributed by atoms with Crippen molar-refractivity contribution in [2.75, 3.05) is 13.2 Å². The molecule has 1 aliphatic carbocycles. The average Bonchev–Trinajstić information content (AvgIpc) is 3.18. The number of H-pyrrole nitrogens is 1. The number of hydrogen-bond acceptors (Lipinski definition) is 5. The van der Waals surface area contributed by atoms with E-state index in [9.17, 15) is 4.79 Å². The summed E-state index contributed by atoms with van der Waals surface area (Å²) < 4.78 is 11.1. The number of benzene rings is 1. The molecule has 1 unspecified atom stereocenters. The third kappa shape index (κ3) is 3.84. The Balaban J connectivity index is 1.54. The van der Waals surface area contributed by atoms with Gasteiger partial charge >= 0.3 is 12.1 Å². The van der Waals surface area contributed by atoms with Crippen molar-refractivity contribution in [2.24, 2.45) is 0 Å². The van der Waals surface area contributed by atoms with E-state index in [-0.39, 0.29) is 23.5 Å². The molecule has 0 fully saturated rings. The number of nitrogens with one attached hydrogen (secondary N) is 1. The number of alkyl halides is 1. The van der Waals surface area contributed by atoms with Gasteiger partial charge in [0.1, 0.15) is 11.8 Å². The molecule has 1 amide bonds. The van der Waals surface area contributed by atoms with Gasteiger partial charge in [-0.1, -0.05) is 24.3 Å². The maximum absolute atomic E-state index is 12.8. The fraction of sp³-hybridized carbons (Fsp3) is 0.292. The largest absolute Gasteiger partial charge is 0.450 e. The maximum Gasteiger partial charge on any atom is 0.410 e. The van der Waals surface area contributed by atoms with E-state index in [2.05, 4.69) is 27.1 Å². The summed E-state index contributed by atoms with van der Waals surface area (Å²) in [6.07, 6.45) is 8.71. The van der Waals surface area contributed by atoms with Crippen LogP contribution in [0.2, 0.25) is 0 Å². The van der Waals surface area contributed by atoms with Crippen LogP contribution in [-0.4, -0.2) is 44.5 Å². The van der Waals surface area contributed by atoms with Gasteiger partial charge in [-0.2, -0.15) is 0 Å². The van der Waals surface area contributed by atoms with Crippen molar-refractivity contribution in [2.45, 2.75) is 31.2 Å². The number of rotatable bonds is 4. The number of ether oxygens (including phenoxy) is 2. The van der Waals surface area contributed by atoms with E-state index in [1.54, 1.807) is 23.4 Å². The number of fused-ring (bicyclic) bond motifs is 3. The number of halogens is 1. The minimum atomic E-state index is -0.322. The van der Waals surface area contributed by atoms with E-state index in [0.29, 0.717) is 18.9 Å². The van der Waals surface area contributed by atoms with E-state index >= 15 is 0 Å². The molecule has 0 radical (unpaired) electrons. The second-order valence-corrected chi connectivity index (χ2v) is 8.27. The van der Waals surface area contributed by atoms with Crippen LogP contribution in [0.25, 0.3) is 12.2 Å². The summed E-state index contributed by atoms with van der Waals surface area (Å²) in [5.74, 6) is 0.621. The Morgan fingerprint density at radius 3 is 2.78 bits per heavy atom. The van der Waals surface area contributed by atoms with E-state index in [0.717, 1.165) is 34.7 Å². The number of amides is 1. The van der Waals surface area contributed by atoms with Gasteiger partial charge in [-0.25, -0.2) is 14.8 Å². The van der Waals surface area contributed by atoms with Crippen LogP contribution in [0.4, 0.5) is 4.79 Å². The van der Waals surface area contributed by atoms with Crippen LogP contribution in [-0.2, 0) is 11.2 Å². The first kappa shape index (κ1) is 20.6. The van der Waals surface area contributed by atoms with E-state index in [1.165, 1.54) is 5.56 Å². The molecule has 0 saturated carbocycles. The van der Waals surface area contributed by atoms with Crippen molar-refractivity contribution in [1.29, 1.82) is 0 Å². The Kier molecular flexibility index (Phi) is 5.57. The number of hydrogen-bond donors (Lipinski definition) is 1. The Morgan fingerprint density at radius 1 is 1.25 bits per heavy atom. The number of aromatic amines is 1. The average molecular weight is 451 g/mol. The van der Waals surface area contributed by atoms with Gasteiger partial charge in [0.15, 0.2) is 0 Å². The van der Waals surface area contributed by atoms with E-state index in [4.69, 9.17) is 21.1 Å². The quantitative estimate of drug-likeness (QED) is 0.617. The molecule has 1 aliphatic heterocycles. The number of aromatic nitrogens is 3. The lowest BCUT2D eigenvalue weighted by Crippen LogP contribution is -2.42. The normalized spacial score (nSPS) is 19.2. The molecule has 0 bridgehead atoms. The molecule has 32 heavy (non-hydrogen) atoms. The first-order chi connectivity index (χ1) is 15.6. The highest BCUT2D eigenvalue weighted by molar-refractivity contribution is 6.24. The molecule has 0 saturated heterocycles. The summed E-state index contributed by atoms with van der Waals surface area (Å²) in [6, 6.07) is 9.37. The molecule has 2 aromatic heterocycles. The Hall–Kier alpha value is -3.32. The van der Waals surface area contributed by atoms with E-state index in [1.807, 2.05) is 31.2 Å². The second kappa shape index (κ2) is 8.67. The van der Waals surface area contributed by atoms with Crippen LogP contribution >= 0.6 is 11.6 Å². The molecule has 3 aromatic rings. The third-order valence-electron chi connectivity index (χ3n) is 5.74. The van der Waals surface area contributed by atoms with Gasteiger partial charge in [-0.3, -0.25) is 4.90 Å². The minimum Gasteiger partial charge on any atom is -0.450 e. The van der Waals surface area contributed by atoms with Gasteiger partial charge in [-0.15, -0.1) is 11.6 Å². The second-order valence-electron chi connectivity index (χ2n) is 7.71. The molecule has 5 rings (SSSR count). The fourth-order valence-corrected chi connectivity index (χ4v) is 4.57. The SMILES string of the molecule is CCOC(=O)N1CCc2c([nH]c3c2=CC(Cl)CC=3)[C@@H]1c1ccc(Oc2ncccn2)cc1. The summed E-state index contributed by atoms with van der Waals surface area (Å²) in [6.45, 7) is 2.71. The summed E-state index contributed by atoms with van der Waals surface area (Å²) >= 11 is 6.39. The number of nitrogens with zero attached hydrogens (tertiary/aromatic N) is 3. The van der Waals surface area contributed by atoms with Crippen LogP contribution in [0.15, 0.2) is 42.7 Å². The van der Waals surface area contributed by atoms with Gasteiger partial charge < -0.3 is 14.5 Å². The summed E-state index contributed by atoms with van der Waals surface area (Å²) in [7, 11) is 0. The third-order valence-corrected chi connectivity index (χ3v) is 6.05. The highest BCUT2D eigenvalue weighted by Crippen LogP contribution is 2.34. The zero-order valence-electron chi connectivity index (χ0n) is 17.6. The highest BCUT2D eigenvalue weighted by atomic mass is 35.5. The molecule has 1 N–H and O–H groups in total. The van der Waals surface area contributed by atoms with Crippen molar-refractivity contribution >= 4 is 29.8 Å². The predicted molar refractivity (Wildman–Crippen MR) is 121 cm³/mol. The lowest BCUT2D eigenvalue weighted by atomic mass is 9.92. The highest BCUT2D eigenvalue weighted by Gasteiger charge is 2.35. The van der Waals surface area contributed by atoms with Crippen molar-refractivity contribution in [1.82, 2.24) is 19.9 Å². The lowest BCUT2D eigenvalue weighted by molar-refractivity contribution is 0.0930. The zero-order valence-corrected chi connectivity index (χ0v) is 18.4. The van der Waals surface area contributed by atoms with Crippen molar-refractivity contribution in [3.63, 3.8) is 0 Å². The monoisotopic (exact) mass is 450 g/mol. The van der Waals surface area contributed by atoms with Crippen molar-refractivity contribution < 1.29 is 14.3 Å². The van der Waals surface area contributed by atoms with Crippen LogP contribution in [0.3, 0.4) is 0 Å². The van der Waals surface area contributed by atoms with E-state index < -0.39 is 0 Å². The predicted octanol–water partition coefficient (Wildman–Crippen LogP) is 3.27. The molecule has 0 spiro atoms. The Labute approximate surface area is 190 Å². The fourth-order valence-electron chi connectivity index (χ4n) is 4.36. The maximum atomic E-state index is 12.8. The molecular weight excluding hydrogens is 428 g/mol. The molecule has 7 nitrogen and oxygen atoms in total. The van der Waals surface area contributed by atoms with Gasteiger partial charge in [0, 0.05) is 35.2 Å². The van der Waals surface area contributed by atoms with Gasteiger partial charge in [0.05, 0.1) is 12.0 Å². The van der Waals surface area contributed by atoms with Crippen LogP contribution in [0, 0.1) is 0 Å². The van der Waals surface area contributed by atoms with Crippen LogP contribution < -0.4 is 15.3 Å². The first-order valence-electron chi connectivity index (χ1n) is 10.7.